The van der Waals surface area contributed by atoms with E-state index in [4.69, 9.17) is 4.74 Å². The van der Waals surface area contributed by atoms with Crippen molar-refractivity contribution in [2.45, 2.75) is 70.1 Å². The monoisotopic (exact) mass is 507 g/mol. The van der Waals surface area contributed by atoms with Crippen LogP contribution in [0.4, 0.5) is 14.6 Å². The summed E-state index contributed by atoms with van der Waals surface area (Å²) in [6.45, 7) is 2.30. The maximum Gasteiger partial charge on any atom is 0.213 e. The SMILES string of the molecule is COc1cc(-c2ccc(-c3ncc(N(C4CC4)[C@@H]4C[C@@]5(C)CCC[C@H](C5)[C@@H]4F)nn3)c(O)c2)c(F)cn1. The third-order valence-corrected chi connectivity index (χ3v) is 8.33. The molecule has 2 heterocycles. The molecule has 3 saturated carbocycles. The summed E-state index contributed by atoms with van der Waals surface area (Å²) in [6.07, 6.45) is 8.90. The van der Waals surface area contributed by atoms with Crippen molar-refractivity contribution >= 4 is 5.82 Å². The molecule has 1 aromatic carbocycles. The molecule has 6 rings (SSSR count). The summed E-state index contributed by atoms with van der Waals surface area (Å²) in [5.74, 6) is 0.597. The molecule has 0 spiro atoms. The van der Waals surface area contributed by atoms with Crippen LogP contribution in [0.2, 0.25) is 0 Å². The normalized spacial score (nSPS) is 27.1. The van der Waals surface area contributed by atoms with Crippen LogP contribution >= 0.6 is 0 Å². The number of ether oxygens (including phenoxy) is 1. The maximum atomic E-state index is 15.7. The summed E-state index contributed by atoms with van der Waals surface area (Å²) in [4.78, 5) is 10.5. The second-order valence-electron chi connectivity index (χ2n) is 11.1. The third kappa shape index (κ3) is 4.49. The molecule has 3 aliphatic carbocycles. The summed E-state index contributed by atoms with van der Waals surface area (Å²) in [5.41, 5.74) is 1.28. The predicted molar refractivity (Wildman–Crippen MR) is 136 cm³/mol. The van der Waals surface area contributed by atoms with Gasteiger partial charge in [0.15, 0.2) is 11.6 Å². The van der Waals surface area contributed by atoms with Crippen LogP contribution in [0.15, 0.2) is 36.7 Å². The minimum atomic E-state index is -0.876. The topological polar surface area (TPSA) is 84.3 Å². The first-order valence-corrected chi connectivity index (χ1v) is 13.0. The molecule has 7 nitrogen and oxygen atoms in total. The van der Waals surface area contributed by atoms with Crippen molar-refractivity contribution in [1.29, 1.82) is 0 Å². The van der Waals surface area contributed by atoms with Gasteiger partial charge in [0.05, 0.1) is 31.1 Å². The molecule has 3 fully saturated rings. The molecule has 0 aliphatic heterocycles. The fraction of sp³-hybridized carbons (Fsp3) is 0.500. The summed E-state index contributed by atoms with van der Waals surface area (Å²) in [5, 5.41) is 19.5. The highest BCUT2D eigenvalue weighted by Crippen LogP contribution is 2.52. The third-order valence-electron chi connectivity index (χ3n) is 8.33. The number of nitrogens with zero attached hydrogens (tertiary/aromatic N) is 5. The molecule has 4 atom stereocenters. The Labute approximate surface area is 214 Å². The first-order valence-electron chi connectivity index (χ1n) is 13.0. The number of hydrogen-bond donors (Lipinski definition) is 1. The molecule has 1 N–H and O–H groups in total. The number of phenols is 1. The van der Waals surface area contributed by atoms with Crippen molar-refractivity contribution in [3.05, 3.63) is 42.5 Å². The van der Waals surface area contributed by atoms with E-state index in [9.17, 15) is 9.50 Å². The molecule has 2 bridgehead atoms. The van der Waals surface area contributed by atoms with E-state index >= 15 is 4.39 Å². The highest BCUT2D eigenvalue weighted by atomic mass is 19.1. The number of benzene rings is 1. The van der Waals surface area contributed by atoms with E-state index in [1.807, 2.05) is 0 Å². The van der Waals surface area contributed by atoms with Crippen molar-refractivity contribution in [3.8, 4) is 34.1 Å². The van der Waals surface area contributed by atoms with Gasteiger partial charge in [0, 0.05) is 17.7 Å². The Balaban J connectivity index is 1.27. The molecule has 194 valence electrons. The quantitative estimate of drug-likeness (QED) is 0.456. The lowest BCUT2D eigenvalue weighted by atomic mass is 9.60. The van der Waals surface area contributed by atoms with Gasteiger partial charge < -0.3 is 14.7 Å². The number of aromatic nitrogens is 4. The molecule has 0 radical (unpaired) electrons. The molecule has 3 aliphatic rings. The lowest BCUT2D eigenvalue weighted by molar-refractivity contribution is 0.00942. The van der Waals surface area contributed by atoms with E-state index in [0.717, 1.165) is 51.1 Å². The zero-order valence-corrected chi connectivity index (χ0v) is 21.1. The van der Waals surface area contributed by atoms with Crippen molar-refractivity contribution in [2.24, 2.45) is 11.3 Å². The van der Waals surface area contributed by atoms with E-state index in [1.165, 1.54) is 19.2 Å². The molecule has 0 saturated heterocycles. The van der Waals surface area contributed by atoms with E-state index in [1.54, 1.807) is 18.3 Å². The lowest BCUT2D eigenvalue weighted by Gasteiger charge is -2.51. The van der Waals surface area contributed by atoms with Crippen molar-refractivity contribution < 1.29 is 18.6 Å². The Kier molecular flexibility index (Phi) is 5.96. The van der Waals surface area contributed by atoms with Gasteiger partial charge in [-0.15, -0.1) is 10.2 Å². The van der Waals surface area contributed by atoms with Gasteiger partial charge in [0.2, 0.25) is 5.88 Å². The average Bonchev–Trinajstić information content (AvgIpc) is 3.73. The number of hydrogen-bond acceptors (Lipinski definition) is 7. The number of phenolic OH excluding ortho intramolecular Hbond substituents is 1. The van der Waals surface area contributed by atoms with Gasteiger partial charge in [-0.1, -0.05) is 19.4 Å². The Morgan fingerprint density at radius 2 is 1.89 bits per heavy atom. The number of fused-ring (bicyclic) bond motifs is 2. The highest BCUT2D eigenvalue weighted by molar-refractivity contribution is 5.73. The van der Waals surface area contributed by atoms with Gasteiger partial charge in [0.1, 0.15) is 17.7 Å². The number of methoxy groups -OCH3 is 1. The Hall–Kier alpha value is -3.36. The summed E-state index contributed by atoms with van der Waals surface area (Å²) < 4.78 is 35.1. The molecular weight excluding hydrogens is 476 g/mol. The van der Waals surface area contributed by atoms with Crippen LogP contribution in [-0.4, -0.2) is 50.6 Å². The van der Waals surface area contributed by atoms with Crippen LogP contribution in [0.1, 0.15) is 51.9 Å². The number of rotatable bonds is 6. The summed E-state index contributed by atoms with van der Waals surface area (Å²) >= 11 is 0. The van der Waals surface area contributed by atoms with Gasteiger partial charge in [0.25, 0.3) is 0 Å². The molecule has 0 amide bonds. The largest absolute Gasteiger partial charge is 0.507 e. The second kappa shape index (κ2) is 9.19. The smallest absolute Gasteiger partial charge is 0.213 e. The van der Waals surface area contributed by atoms with Gasteiger partial charge in [-0.2, -0.15) is 0 Å². The first-order chi connectivity index (χ1) is 17.8. The fourth-order valence-electron chi connectivity index (χ4n) is 6.40. The lowest BCUT2D eigenvalue weighted by Crippen LogP contribution is -2.54. The van der Waals surface area contributed by atoms with Gasteiger partial charge >= 0.3 is 0 Å². The standard InChI is InChI=1S/C28H31F2N5O2/c1-28-9-3-4-17(12-28)26(30)22(13-28)35(18-6-7-18)24-15-32-27(34-33-24)19-8-5-16(10-23(19)36)20-11-25(37-2)31-14-21(20)29/h5,8,10-11,14-15,17-18,22,26,36H,3-4,6-7,9,12-13H2,1-2H3/t17-,22-,26+,28+/m1/s1. The summed E-state index contributed by atoms with van der Waals surface area (Å²) in [6, 6.07) is 6.30. The van der Waals surface area contributed by atoms with Crippen LogP contribution in [0.3, 0.4) is 0 Å². The van der Waals surface area contributed by atoms with Gasteiger partial charge in [-0.05, 0) is 67.6 Å². The van der Waals surface area contributed by atoms with Crippen LogP contribution < -0.4 is 9.64 Å². The van der Waals surface area contributed by atoms with Crippen LogP contribution in [0.25, 0.3) is 22.5 Å². The van der Waals surface area contributed by atoms with Crippen molar-refractivity contribution in [2.75, 3.05) is 12.0 Å². The number of pyridine rings is 1. The van der Waals surface area contributed by atoms with E-state index < -0.39 is 12.0 Å². The molecule has 9 heteroatoms. The molecule has 0 unspecified atom stereocenters. The van der Waals surface area contributed by atoms with Crippen molar-refractivity contribution in [3.63, 3.8) is 0 Å². The highest BCUT2D eigenvalue weighted by Gasteiger charge is 2.50. The van der Waals surface area contributed by atoms with E-state index in [0.29, 0.717) is 16.9 Å². The van der Waals surface area contributed by atoms with Gasteiger partial charge in [-0.25, -0.2) is 18.7 Å². The minimum Gasteiger partial charge on any atom is -0.507 e. The number of halogens is 2. The van der Waals surface area contributed by atoms with Crippen LogP contribution in [0, 0.1) is 17.2 Å². The van der Waals surface area contributed by atoms with E-state index in [2.05, 4.69) is 32.0 Å². The minimum absolute atomic E-state index is 0.0990. The number of alkyl halides is 1. The van der Waals surface area contributed by atoms with Gasteiger partial charge in [-0.3, -0.25) is 0 Å². The zero-order chi connectivity index (χ0) is 25.7. The molecule has 2 aromatic heterocycles. The molecule has 37 heavy (non-hydrogen) atoms. The average molecular weight is 508 g/mol. The summed E-state index contributed by atoms with van der Waals surface area (Å²) in [7, 11) is 1.46. The zero-order valence-electron chi connectivity index (χ0n) is 21.1. The first kappa shape index (κ1) is 24.0. The fourth-order valence-corrected chi connectivity index (χ4v) is 6.40. The Morgan fingerprint density at radius 3 is 2.59 bits per heavy atom. The number of aromatic hydroxyl groups is 1. The van der Waals surface area contributed by atoms with Crippen LogP contribution in [-0.2, 0) is 0 Å². The van der Waals surface area contributed by atoms with Crippen molar-refractivity contribution in [1.82, 2.24) is 20.2 Å². The number of anilines is 1. The molecule has 3 aromatic rings. The second-order valence-corrected chi connectivity index (χ2v) is 11.1. The molecular formula is C28H31F2N5O2. The predicted octanol–water partition coefficient (Wildman–Crippen LogP) is 5.73. The van der Waals surface area contributed by atoms with E-state index in [-0.39, 0.29) is 46.4 Å². The Morgan fingerprint density at radius 1 is 1.05 bits per heavy atom. The Bertz CT molecular complexity index is 1300. The van der Waals surface area contributed by atoms with Crippen LogP contribution in [0.5, 0.6) is 11.6 Å². The maximum absolute atomic E-state index is 15.7.